The van der Waals surface area contributed by atoms with Gasteiger partial charge in [-0.3, -0.25) is 30.0 Å². The van der Waals surface area contributed by atoms with E-state index in [9.17, 15) is 30.1 Å². The van der Waals surface area contributed by atoms with Crippen molar-refractivity contribution in [3.63, 3.8) is 0 Å². The van der Waals surface area contributed by atoms with E-state index in [1.807, 2.05) is 0 Å². The summed E-state index contributed by atoms with van der Waals surface area (Å²) in [5.41, 5.74) is 2.48. The Morgan fingerprint density at radius 2 is 1.90 bits per heavy atom. The molecule has 11 nitrogen and oxygen atoms in total. The molecule has 146 valence electrons. The van der Waals surface area contributed by atoms with Crippen LogP contribution in [0.5, 0.6) is 5.75 Å². The van der Waals surface area contributed by atoms with Gasteiger partial charge in [0.2, 0.25) is 5.91 Å². The van der Waals surface area contributed by atoms with Crippen molar-refractivity contribution >= 4 is 34.4 Å². The van der Waals surface area contributed by atoms with E-state index >= 15 is 0 Å². The van der Waals surface area contributed by atoms with E-state index in [0.717, 1.165) is 12.3 Å². The molecule has 3 rings (SSSR count). The zero-order valence-corrected chi connectivity index (χ0v) is 14.7. The van der Waals surface area contributed by atoms with Crippen LogP contribution < -0.4 is 5.43 Å². The van der Waals surface area contributed by atoms with Crippen LogP contribution in [0, 0.1) is 20.2 Å². The quantitative estimate of drug-likeness (QED) is 0.368. The molecular weight excluding hydrogens is 382 g/mol. The molecular formula is C18H13N5O6. The summed E-state index contributed by atoms with van der Waals surface area (Å²) in [5.74, 6) is -0.817. The van der Waals surface area contributed by atoms with Gasteiger partial charge in [-0.1, -0.05) is 12.1 Å². The van der Waals surface area contributed by atoms with E-state index in [4.69, 9.17) is 0 Å². The minimum Gasteiger partial charge on any atom is -0.505 e. The second-order valence-electron chi connectivity index (χ2n) is 5.88. The lowest BCUT2D eigenvalue weighted by molar-refractivity contribution is -0.384. The van der Waals surface area contributed by atoms with Crippen molar-refractivity contribution in [2.45, 2.75) is 6.42 Å². The Morgan fingerprint density at radius 1 is 1.17 bits per heavy atom. The summed E-state index contributed by atoms with van der Waals surface area (Å²) < 4.78 is 0. The smallest absolute Gasteiger partial charge is 0.279 e. The third-order valence-corrected chi connectivity index (χ3v) is 3.98. The van der Waals surface area contributed by atoms with E-state index in [-0.39, 0.29) is 40.0 Å². The normalized spacial score (nSPS) is 10.9. The Kier molecular flexibility index (Phi) is 5.39. The van der Waals surface area contributed by atoms with E-state index in [0.29, 0.717) is 5.56 Å². The van der Waals surface area contributed by atoms with Gasteiger partial charge in [-0.05, 0) is 17.7 Å². The van der Waals surface area contributed by atoms with Gasteiger partial charge in [0, 0.05) is 30.0 Å². The lowest BCUT2D eigenvalue weighted by Crippen LogP contribution is -2.19. The van der Waals surface area contributed by atoms with Gasteiger partial charge in [0.15, 0.2) is 5.75 Å². The zero-order valence-electron chi connectivity index (χ0n) is 14.7. The van der Waals surface area contributed by atoms with E-state index in [1.165, 1.54) is 42.6 Å². The Labute approximate surface area is 162 Å². The Bertz CT molecular complexity index is 1140. The number of hydrazone groups is 1. The molecule has 2 aromatic carbocycles. The van der Waals surface area contributed by atoms with Crippen LogP contribution in [0.15, 0.2) is 53.8 Å². The molecule has 0 aliphatic carbocycles. The number of nitro groups is 2. The van der Waals surface area contributed by atoms with Gasteiger partial charge >= 0.3 is 0 Å². The molecule has 0 spiro atoms. The van der Waals surface area contributed by atoms with Crippen molar-refractivity contribution in [1.82, 2.24) is 10.4 Å². The first-order valence-electron chi connectivity index (χ1n) is 8.17. The van der Waals surface area contributed by atoms with Gasteiger partial charge in [-0.25, -0.2) is 5.43 Å². The van der Waals surface area contributed by atoms with Crippen molar-refractivity contribution < 1.29 is 19.7 Å². The first-order valence-corrected chi connectivity index (χ1v) is 8.17. The van der Waals surface area contributed by atoms with Gasteiger partial charge in [-0.15, -0.1) is 0 Å². The highest BCUT2D eigenvalue weighted by Gasteiger charge is 2.18. The number of phenolic OH excluding ortho intramolecular Hbond substituents is 1. The first kappa shape index (κ1) is 19.4. The molecule has 0 unspecified atom stereocenters. The third kappa shape index (κ3) is 4.30. The average molecular weight is 395 g/mol. The molecule has 0 radical (unpaired) electrons. The second kappa shape index (κ2) is 8.08. The van der Waals surface area contributed by atoms with Crippen LogP contribution in [0.3, 0.4) is 0 Å². The number of nitro benzene ring substituents is 2. The van der Waals surface area contributed by atoms with Crippen molar-refractivity contribution in [2.75, 3.05) is 0 Å². The van der Waals surface area contributed by atoms with Crippen molar-refractivity contribution in [3.8, 4) is 5.75 Å². The maximum atomic E-state index is 12.0. The summed E-state index contributed by atoms with van der Waals surface area (Å²) in [4.78, 5) is 36.7. The summed E-state index contributed by atoms with van der Waals surface area (Å²) in [5, 5.41) is 36.1. The second-order valence-corrected chi connectivity index (χ2v) is 5.88. The number of carbonyl (C=O) groups excluding carboxylic acids is 1. The largest absolute Gasteiger partial charge is 0.505 e. The summed E-state index contributed by atoms with van der Waals surface area (Å²) in [6, 6.07) is 9.58. The molecule has 11 heteroatoms. The zero-order chi connectivity index (χ0) is 21.0. The number of nitrogens with one attached hydrogen (secondary N) is 1. The van der Waals surface area contributed by atoms with Crippen LogP contribution in [0.1, 0.15) is 11.1 Å². The average Bonchev–Trinajstić information content (AvgIpc) is 2.70. The van der Waals surface area contributed by atoms with Gasteiger partial charge in [-0.2, -0.15) is 5.10 Å². The van der Waals surface area contributed by atoms with Crippen LogP contribution in [-0.2, 0) is 11.2 Å². The number of phenols is 1. The molecule has 0 fully saturated rings. The van der Waals surface area contributed by atoms with Crippen molar-refractivity contribution in [1.29, 1.82) is 0 Å². The number of nitrogens with zero attached hydrogens (tertiary/aromatic N) is 4. The highest BCUT2D eigenvalue weighted by atomic mass is 16.6. The number of non-ortho nitro benzene ring substituents is 2. The number of fused-ring (bicyclic) bond motifs is 1. The van der Waals surface area contributed by atoms with E-state index < -0.39 is 15.8 Å². The maximum absolute atomic E-state index is 12.0. The molecule has 0 saturated heterocycles. The summed E-state index contributed by atoms with van der Waals surface area (Å²) in [6.45, 7) is 0. The van der Waals surface area contributed by atoms with Crippen molar-refractivity contribution in [2.24, 2.45) is 5.10 Å². The number of benzene rings is 2. The van der Waals surface area contributed by atoms with Crippen LogP contribution >= 0.6 is 0 Å². The molecule has 3 aromatic rings. The fourth-order valence-electron chi connectivity index (χ4n) is 2.61. The summed E-state index contributed by atoms with van der Waals surface area (Å²) >= 11 is 0. The van der Waals surface area contributed by atoms with Crippen LogP contribution in [-0.4, -0.2) is 32.1 Å². The molecule has 0 atom stereocenters. The predicted octanol–water partition coefficient (Wildman–Crippen LogP) is 2.45. The third-order valence-electron chi connectivity index (χ3n) is 3.98. The molecule has 29 heavy (non-hydrogen) atoms. The highest BCUT2D eigenvalue weighted by molar-refractivity contribution is 6.00. The Balaban J connectivity index is 1.75. The molecule has 0 bridgehead atoms. The van der Waals surface area contributed by atoms with Gasteiger partial charge in [0.25, 0.3) is 11.4 Å². The molecule has 1 aromatic heterocycles. The minimum absolute atomic E-state index is 0.0125. The molecule has 0 aliphatic rings. The van der Waals surface area contributed by atoms with Gasteiger partial charge in [0.1, 0.15) is 5.52 Å². The van der Waals surface area contributed by atoms with Gasteiger partial charge < -0.3 is 5.11 Å². The highest BCUT2D eigenvalue weighted by Crippen LogP contribution is 2.33. The fraction of sp³-hybridized carbons (Fsp3) is 0.0556. The number of rotatable bonds is 6. The number of carbonyl (C=O) groups is 1. The fourth-order valence-corrected chi connectivity index (χ4v) is 2.61. The van der Waals surface area contributed by atoms with E-state index in [1.54, 1.807) is 0 Å². The van der Waals surface area contributed by atoms with Crippen LogP contribution in [0.2, 0.25) is 0 Å². The van der Waals surface area contributed by atoms with Crippen LogP contribution in [0.25, 0.3) is 10.9 Å². The topological polar surface area (TPSA) is 161 Å². The van der Waals surface area contributed by atoms with Gasteiger partial charge in [0.05, 0.1) is 27.9 Å². The first-order chi connectivity index (χ1) is 13.9. The molecule has 0 saturated carbocycles. The monoisotopic (exact) mass is 395 g/mol. The predicted molar refractivity (Wildman–Crippen MR) is 103 cm³/mol. The Morgan fingerprint density at radius 3 is 2.55 bits per heavy atom. The summed E-state index contributed by atoms with van der Waals surface area (Å²) in [6.07, 6.45) is 2.38. The maximum Gasteiger partial charge on any atom is 0.279 e. The number of amides is 1. The lowest BCUT2D eigenvalue weighted by atomic mass is 10.1. The summed E-state index contributed by atoms with van der Waals surface area (Å²) in [7, 11) is 0. The number of aromatic nitrogens is 1. The standard InChI is InChI=1S/C18H13N5O6/c24-16(8-11-3-5-13(6-4-11)22(26)27)21-20-10-12-9-15(23(28)29)14-2-1-7-19-17(14)18(12)25/h1-7,9-10,25H,8H2,(H,21,24)/b20-10-. The molecule has 1 amide bonds. The SMILES string of the molecule is O=C(Cc1ccc([N+](=O)[O-])cc1)N/N=C\c1cc([N+](=O)[O-])c2cccnc2c1O. The number of hydrogen-bond donors (Lipinski definition) is 2. The number of hydrogen-bond acceptors (Lipinski definition) is 8. The number of pyridine rings is 1. The van der Waals surface area contributed by atoms with E-state index in [2.05, 4.69) is 15.5 Å². The molecule has 0 aliphatic heterocycles. The van der Waals surface area contributed by atoms with Crippen LogP contribution in [0.4, 0.5) is 11.4 Å². The lowest BCUT2D eigenvalue weighted by Gasteiger charge is -2.05. The minimum atomic E-state index is -0.603. The number of aromatic hydroxyl groups is 1. The van der Waals surface area contributed by atoms with Crippen molar-refractivity contribution in [3.05, 3.63) is 80.0 Å². The Hall–Kier alpha value is -4.41. The molecule has 1 heterocycles. The molecule has 2 N–H and O–H groups in total.